The second-order valence-electron chi connectivity index (χ2n) is 6.20. The number of carbonyl (C=O) groups excluding carboxylic acids is 2. The van der Waals surface area contributed by atoms with Crippen molar-refractivity contribution in [1.29, 1.82) is 0 Å². The molecule has 2 aromatic rings. The van der Waals surface area contributed by atoms with Gasteiger partial charge >= 0.3 is 0 Å². The molecule has 2 heterocycles. The summed E-state index contributed by atoms with van der Waals surface area (Å²) in [6.07, 6.45) is 3.55. The lowest BCUT2D eigenvalue weighted by molar-refractivity contribution is -0.134. The molecule has 7 heteroatoms. The van der Waals surface area contributed by atoms with Gasteiger partial charge in [0.15, 0.2) is 0 Å². The number of H-pyrrole nitrogens is 1. The fraction of sp³-hybridized carbons (Fsp3) is 0.389. The van der Waals surface area contributed by atoms with Crippen LogP contribution in [0, 0.1) is 0 Å². The van der Waals surface area contributed by atoms with Gasteiger partial charge in [0.25, 0.3) is 5.91 Å². The zero-order valence-electron chi connectivity index (χ0n) is 14.5. The average molecular weight is 341 g/mol. The van der Waals surface area contributed by atoms with Crippen LogP contribution in [0.5, 0.6) is 0 Å². The molecule has 1 aromatic heterocycles. The molecule has 0 spiro atoms. The number of hydrogen-bond donors (Lipinski definition) is 2. The largest absolute Gasteiger partial charge is 0.355 e. The van der Waals surface area contributed by atoms with Crippen molar-refractivity contribution in [3.05, 3.63) is 53.6 Å². The van der Waals surface area contributed by atoms with Crippen LogP contribution >= 0.6 is 0 Å². The van der Waals surface area contributed by atoms with E-state index in [0.29, 0.717) is 25.2 Å². The van der Waals surface area contributed by atoms with Crippen LogP contribution in [0.4, 0.5) is 0 Å². The number of carbonyl (C=O) groups is 2. The molecule has 0 saturated carbocycles. The molecule has 0 radical (unpaired) electrons. The monoisotopic (exact) mass is 341 g/mol. The number of nitrogens with one attached hydrogen (secondary N) is 2. The first-order chi connectivity index (χ1) is 12.1. The average Bonchev–Trinajstić information content (AvgIpc) is 3.14. The Hall–Kier alpha value is -2.67. The summed E-state index contributed by atoms with van der Waals surface area (Å²) in [6.45, 7) is 4.47. The third kappa shape index (κ3) is 3.88. The molecule has 1 fully saturated rings. The van der Waals surface area contributed by atoms with Crippen LogP contribution in [0.2, 0.25) is 0 Å². The van der Waals surface area contributed by atoms with E-state index in [1.54, 1.807) is 26.2 Å². The molecule has 0 bridgehead atoms. The molecule has 1 aliphatic heterocycles. The number of benzene rings is 1. The van der Waals surface area contributed by atoms with Gasteiger partial charge in [-0.15, -0.1) is 0 Å². The number of rotatable bonds is 4. The lowest BCUT2D eigenvalue weighted by atomic mass is 9.99. The standard InChI is InChI=1S/C18H23N5O2/c1-13(24)23-9-8-22(12-17-20-6-7-21-17)11-16(23)14-4-3-5-15(10-14)18(25)19-2/h3-7,10,16H,8-9,11-12H2,1-2H3,(H,19,25)(H,20,21)/t16-/m1/s1. The van der Waals surface area contributed by atoms with Gasteiger partial charge in [-0.3, -0.25) is 14.5 Å². The van der Waals surface area contributed by atoms with Crippen molar-refractivity contribution in [2.75, 3.05) is 26.7 Å². The third-order valence-electron chi connectivity index (χ3n) is 4.56. The van der Waals surface area contributed by atoms with Gasteiger partial charge in [0.05, 0.1) is 12.6 Å². The Morgan fingerprint density at radius 3 is 2.88 bits per heavy atom. The molecule has 1 aliphatic rings. The summed E-state index contributed by atoms with van der Waals surface area (Å²) in [4.78, 5) is 35.6. The van der Waals surface area contributed by atoms with Gasteiger partial charge in [0.2, 0.25) is 5.91 Å². The molecule has 1 atom stereocenters. The first-order valence-electron chi connectivity index (χ1n) is 8.38. The maximum atomic E-state index is 12.1. The quantitative estimate of drug-likeness (QED) is 0.875. The molecule has 132 valence electrons. The fourth-order valence-electron chi connectivity index (χ4n) is 3.27. The summed E-state index contributed by atoms with van der Waals surface area (Å²) in [5, 5.41) is 2.64. The maximum absolute atomic E-state index is 12.1. The van der Waals surface area contributed by atoms with Crippen molar-refractivity contribution in [2.24, 2.45) is 0 Å². The van der Waals surface area contributed by atoms with Gasteiger partial charge in [-0.1, -0.05) is 12.1 Å². The van der Waals surface area contributed by atoms with Gasteiger partial charge in [-0.2, -0.15) is 0 Å². The van der Waals surface area contributed by atoms with Crippen LogP contribution in [0.25, 0.3) is 0 Å². The lowest BCUT2D eigenvalue weighted by Gasteiger charge is -2.41. The van der Waals surface area contributed by atoms with Gasteiger partial charge in [0.1, 0.15) is 5.82 Å². The van der Waals surface area contributed by atoms with Gasteiger partial charge in [0, 0.05) is 51.6 Å². The van der Waals surface area contributed by atoms with E-state index in [9.17, 15) is 9.59 Å². The minimum Gasteiger partial charge on any atom is -0.355 e. The number of imidazole rings is 1. The van der Waals surface area contributed by atoms with E-state index in [1.165, 1.54) is 0 Å². The van der Waals surface area contributed by atoms with Crippen LogP contribution in [0.1, 0.15) is 34.7 Å². The fourth-order valence-corrected chi connectivity index (χ4v) is 3.27. The van der Waals surface area contributed by atoms with Crippen LogP contribution in [0.3, 0.4) is 0 Å². The minimum absolute atomic E-state index is 0.0491. The van der Waals surface area contributed by atoms with E-state index in [4.69, 9.17) is 0 Å². The van der Waals surface area contributed by atoms with Crippen molar-refractivity contribution in [2.45, 2.75) is 19.5 Å². The third-order valence-corrected chi connectivity index (χ3v) is 4.56. The molecule has 0 aliphatic carbocycles. The molecule has 0 unspecified atom stereocenters. The van der Waals surface area contributed by atoms with E-state index in [2.05, 4.69) is 20.2 Å². The topological polar surface area (TPSA) is 81.3 Å². The molecule has 3 rings (SSSR count). The van der Waals surface area contributed by atoms with Crippen LogP contribution in [0.15, 0.2) is 36.7 Å². The summed E-state index contributed by atoms with van der Waals surface area (Å²) in [5.74, 6) is 0.835. The SMILES string of the molecule is CNC(=O)c1cccc([C@H]2CN(Cc3ncc[nH]3)CCN2C(C)=O)c1. The summed E-state index contributed by atoms with van der Waals surface area (Å²) in [6, 6.07) is 7.41. The molecular formula is C18H23N5O2. The second-order valence-corrected chi connectivity index (χ2v) is 6.20. The zero-order valence-corrected chi connectivity index (χ0v) is 14.5. The van der Waals surface area contributed by atoms with Crippen molar-refractivity contribution in [3.8, 4) is 0 Å². The van der Waals surface area contributed by atoms with Gasteiger partial charge in [-0.05, 0) is 17.7 Å². The highest BCUT2D eigenvalue weighted by Crippen LogP contribution is 2.27. The Morgan fingerprint density at radius 1 is 1.36 bits per heavy atom. The highest BCUT2D eigenvalue weighted by molar-refractivity contribution is 5.94. The molecular weight excluding hydrogens is 318 g/mol. The van der Waals surface area contributed by atoms with Crippen LogP contribution in [-0.2, 0) is 11.3 Å². The first kappa shape index (κ1) is 17.2. The van der Waals surface area contributed by atoms with E-state index in [0.717, 1.165) is 17.9 Å². The van der Waals surface area contributed by atoms with Crippen LogP contribution in [-0.4, -0.2) is 58.3 Å². The Kier molecular flexibility index (Phi) is 5.14. The first-order valence-corrected chi connectivity index (χ1v) is 8.38. The normalized spacial score (nSPS) is 18.2. The van der Waals surface area contributed by atoms with E-state index >= 15 is 0 Å². The van der Waals surface area contributed by atoms with E-state index in [1.807, 2.05) is 29.3 Å². The van der Waals surface area contributed by atoms with E-state index in [-0.39, 0.29) is 17.9 Å². The summed E-state index contributed by atoms with van der Waals surface area (Å²) in [5.41, 5.74) is 1.58. The van der Waals surface area contributed by atoms with Crippen molar-refractivity contribution in [3.63, 3.8) is 0 Å². The molecule has 1 aromatic carbocycles. The smallest absolute Gasteiger partial charge is 0.251 e. The second kappa shape index (κ2) is 7.48. The Labute approximate surface area is 147 Å². The Balaban J connectivity index is 1.83. The highest BCUT2D eigenvalue weighted by Gasteiger charge is 2.30. The van der Waals surface area contributed by atoms with Crippen LogP contribution < -0.4 is 5.32 Å². The molecule has 25 heavy (non-hydrogen) atoms. The van der Waals surface area contributed by atoms with Crippen molar-refractivity contribution >= 4 is 11.8 Å². The number of piperazine rings is 1. The molecule has 7 nitrogen and oxygen atoms in total. The predicted molar refractivity (Wildman–Crippen MR) is 93.8 cm³/mol. The number of nitrogens with zero attached hydrogens (tertiary/aromatic N) is 3. The number of aromatic amines is 1. The predicted octanol–water partition coefficient (Wildman–Crippen LogP) is 1.17. The van der Waals surface area contributed by atoms with Gasteiger partial charge < -0.3 is 15.2 Å². The van der Waals surface area contributed by atoms with Gasteiger partial charge in [-0.25, -0.2) is 4.98 Å². The Morgan fingerprint density at radius 2 is 2.20 bits per heavy atom. The molecule has 1 saturated heterocycles. The van der Waals surface area contributed by atoms with Crippen molar-refractivity contribution in [1.82, 2.24) is 25.1 Å². The van der Waals surface area contributed by atoms with Crippen molar-refractivity contribution < 1.29 is 9.59 Å². The molecule has 2 amide bonds. The zero-order chi connectivity index (χ0) is 17.8. The summed E-state index contributed by atoms with van der Waals surface area (Å²) < 4.78 is 0. The minimum atomic E-state index is -0.125. The lowest BCUT2D eigenvalue weighted by Crippen LogP contribution is -2.49. The number of amides is 2. The summed E-state index contributed by atoms with van der Waals surface area (Å²) in [7, 11) is 1.61. The Bertz CT molecular complexity index is 744. The maximum Gasteiger partial charge on any atom is 0.251 e. The highest BCUT2D eigenvalue weighted by atomic mass is 16.2. The summed E-state index contributed by atoms with van der Waals surface area (Å²) >= 11 is 0. The number of aromatic nitrogens is 2. The van der Waals surface area contributed by atoms with E-state index < -0.39 is 0 Å². The molecule has 2 N–H and O–H groups in total. The number of hydrogen-bond acceptors (Lipinski definition) is 4.